The van der Waals surface area contributed by atoms with Gasteiger partial charge in [-0.05, 0) is 43.7 Å². The van der Waals surface area contributed by atoms with Gasteiger partial charge in [-0.1, -0.05) is 12.1 Å². The first-order chi connectivity index (χ1) is 17.4. The van der Waals surface area contributed by atoms with Crippen molar-refractivity contribution in [3.63, 3.8) is 0 Å². The fraction of sp³-hybridized carbons (Fsp3) is 0.321. The molecule has 2 aromatic heterocycles. The third kappa shape index (κ3) is 4.40. The van der Waals surface area contributed by atoms with Crippen molar-refractivity contribution in [3.05, 3.63) is 76.9 Å². The summed E-state index contributed by atoms with van der Waals surface area (Å²) in [6, 6.07) is 17.3. The molecule has 4 aromatic rings. The van der Waals surface area contributed by atoms with E-state index in [0.29, 0.717) is 23.6 Å². The molecule has 0 unspecified atom stereocenters. The van der Waals surface area contributed by atoms with Crippen molar-refractivity contribution >= 4 is 16.7 Å². The third-order valence-electron chi connectivity index (χ3n) is 6.91. The van der Waals surface area contributed by atoms with E-state index in [2.05, 4.69) is 44.5 Å². The van der Waals surface area contributed by atoms with Crippen LogP contribution in [-0.4, -0.2) is 47.9 Å². The number of hydrogen-bond donors (Lipinski definition) is 1. The number of nitrogens with one attached hydrogen (secondary N) is 1. The van der Waals surface area contributed by atoms with Gasteiger partial charge in [-0.15, -0.1) is 0 Å². The molecule has 0 radical (unpaired) electrons. The highest BCUT2D eigenvalue weighted by atomic mass is 16.6. The summed E-state index contributed by atoms with van der Waals surface area (Å²) in [6.07, 6.45) is 1.90. The molecular formula is C28H28N4O4. The minimum absolute atomic E-state index is 0.268. The first kappa shape index (κ1) is 22.5. The van der Waals surface area contributed by atoms with Crippen LogP contribution in [-0.2, 0) is 6.42 Å². The van der Waals surface area contributed by atoms with Gasteiger partial charge in [0.15, 0.2) is 0 Å². The van der Waals surface area contributed by atoms with Gasteiger partial charge < -0.3 is 24.1 Å². The summed E-state index contributed by atoms with van der Waals surface area (Å²) in [5, 5.41) is 4.24. The molecule has 1 saturated heterocycles. The smallest absolute Gasteiger partial charge is 0.336 e. The molecule has 2 aliphatic rings. The van der Waals surface area contributed by atoms with Crippen molar-refractivity contribution in [1.29, 1.82) is 0 Å². The van der Waals surface area contributed by atoms with Crippen molar-refractivity contribution in [2.75, 3.05) is 31.1 Å². The van der Waals surface area contributed by atoms with Gasteiger partial charge in [-0.3, -0.25) is 0 Å². The molecule has 0 bridgehead atoms. The average Bonchev–Trinajstić information content (AvgIpc) is 2.89. The van der Waals surface area contributed by atoms with E-state index in [-0.39, 0.29) is 11.7 Å². The van der Waals surface area contributed by atoms with Crippen LogP contribution in [0, 0.1) is 0 Å². The van der Waals surface area contributed by atoms with Crippen LogP contribution in [0.4, 0.5) is 5.69 Å². The average molecular weight is 485 g/mol. The molecule has 1 N–H and O–H groups in total. The van der Waals surface area contributed by atoms with Crippen LogP contribution in [0.5, 0.6) is 11.6 Å². The van der Waals surface area contributed by atoms with Crippen molar-refractivity contribution in [1.82, 2.24) is 15.3 Å². The molecule has 8 nitrogen and oxygen atoms in total. The summed E-state index contributed by atoms with van der Waals surface area (Å²) in [4.78, 5) is 22.8. The SMILES string of the molecule is CC1(C)Oc2cc3oc(=O)ccc3cc2C[C@@H]1Oc1cc(-c2ccc(N3CCNCC3)cc2)ncn1. The van der Waals surface area contributed by atoms with Gasteiger partial charge in [0.1, 0.15) is 29.4 Å². The molecule has 0 spiro atoms. The van der Waals surface area contributed by atoms with Crippen LogP contribution in [0.1, 0.15) is 19.4 Å². The minimum Gasteiger partial charge on any atom is -0.484 e. The Morgan fingerprint density at radius 1 is 1.03 bits per heavy atom. The van der Waals surface area contributed by atoms with Crippen LogP contribution >= 0.6 is 0 Å². The van der Waals surface area contributed by atoms with Crippen molar-refractivity contribution in [2.45, 2.75) is 32.0 Å². The second-order valence-electron chi connectivity index (χ2n) is 9.79. The summed E-state index contributed by atoms with van der Waals surface area (Å²) in [5.41, 5.74) is 3.56. The maximum atomic E-state index is 11.6. The number of hydrogen-bond acceptors (Lipinski definition) is 8. The van der Waals surface area contributed by atoms with E-state index in [4.69, 9.17) is 13.9 Å². The summed E-state index contributed by atoms with van der Waals surface area (Å²) >= 11 is 0. The largest absolute Gasteiger partial charge is 0.484 e. The zero-order chi connectivity index (χ0) is 24.7. The molecule has 2 aromatic carbocycles. The fourth-order valence-corrected chi connectivity index (χ4v) is 4.85. The highest BCUT2D eigenvalue weighted by Gasteiger charge is 2.39. The predicted octanol–water partition coefficient (Wildman–Crippen LogP) is 3.82. The van der Waals surface area contributed by atoms with Crippen LogP contribution in [0.25, 0.3) is 22.2 Å². The second-order valence-corrected chi connectivity index (χ2v) is 9.79. The first-order valence-electron chi connectivity index (χ1n) is 12.3. The van der Waals surface area contributed by atoms with E-state index >= 15 is 0 Å². The van der Waals surface area contributed by atoms with E-state index in [1.165, 1.54) is 18.1 Å². The van der Waals surface area contributed by atoms with Gasteiger partial charge in [0, 0.05) is 67.4 Å². The number of anilines is 1. The molecule has 36 heavy (non-hydrogen) atoms. The lowest BCUT2D eigenvalue weighted by Crippen LogP contribution is -2.49. The predicted molar refractivity (Wildman–Crippen MR) is 138 cm³/mol. The molecule has 0 saturated carbocycles. The Bertz CT molecular complexity index is 1460. The number of benzene rings is 2. The number of aromatic nitrogens is 2. The van der Waals surface area contributed by atoms with Crippen LogP contribution < -0.4 is 25.3 Å². The number of piperazine rings is 1. The molecule has 1 atom stereocenters. The number of nitrogens with zero attached hydrogens (tertiary/aromatic N) is 3. The molecule has 0 amide bonds. The molecular weight excluding hydrogens is 456 g/mol. The number of fused-ring (bicyclic) bond motifs is 2. The Labute approximate surface area is 208 Å². The lowest BCUT2D eigenvalue weighted by molar-refractivity contribution is -0.0287. The molecule has 184 valence electrons. The van der Waals surface area contributed by atoms with E-state index in [9.17, 15) is 4.79 Å². The lowest BCUT2D eigenvalue weighted by atomic mass is 9.90. The van der Waals surface area contributed by atoms with Gasteiger partial charge in [-0.25, -0.2) is 14.8 Å². The van der Waals surface area contributed by atoms with Crippen LogP contribution in [0.15, 0.2) is 70.1 Å². The van der Waals surface area contributed by atoms with Crippen molar-refractivity contribution in [2.24, 2.45) is 0 Å². The van der Waals surface area contributed by atoms with Crippen LogP contribution in [0.2, 0.25) is 0 Å². The molecule has 8 heteroatoms. The Balaban J connectivity index is 1.23. The monoisotopic (exact) mass is 484 g/mol. The van der Waals surface area contributed by atoms with E-state index < -0.39 is 5.60 Å². The van der Waals surface area contributed by atoms with Gasteiger partial charge in [0.05, 0.1) is 5.69 Å². The minimum atomic E-state index is -0.619. The molecule has 2 aliphatic heterocycles. The number of rotatable bonds is 4. The quantitative estimate of drug-likeness (QED) is 0.438. The Morgan fingerprint density at radius 2 is 1.83 bits per heavy atom. The Morgan fingerprint density at radius 3 is 2.64 bits per heavy atom. The Hall–Kier alpha value is -3.91. The lowest BCUT2D eigenvalue weighted by Gasteiger charge is -2.39. The molecule has 1 fully saturated rings. The summed E-state index contributed by atoms with van der Waals surface area (Å²) in [7, 11) is 0. The van der Waals surface area contributed by atoms with E-state index in [0.717, 1.165) is 48.4 Å². The van der Waals surface area contributed by atoms with E-state index in [1.807, 2.05) is 26.0 Å². The fourth-order valence-electron chi connectivity index (χ4n) is 4.85. The summed E-state index contributed by atoms with van der Waals surface area (Å²) < 4.78 is 18.0. The van der Waals surface area contributed by atoms with Crippen molar-refractivity contribution < 1.29 is 13.9 Å². The Kier molecular flexibility index (Phi) is 5.60. The highest BCUT2D eigenvalue weighted by Crippen LogP contribution is 2.37. The second kappa shape index (κ2) is 8.95. The van der Waals surface area contributed by atoms with E-state index in [1.54, 1.807) is 12.1 Å². The maximum Gasteiger partial charge on any atom is 0.336 e. The van der Waals surface area contributed by atoms with Gasteiger partial charge in [0.25, 0.3) is 0 Å². The highest BCUT2D eigenvalue weighted by molar-refractivity contribution is 5.79. The first-order valence-corrected chi connectivity index (χ1v) is 12.3. The van der Waals surface area contributed by atoms with Gasteiger partial charge in [-0.2, -0.15) is 0 Å². The van der Waals surface area contributed by atoms with Gasteiger partial charge in [0.2, 0.25) is 5.88 Å². The van der Waals surface area contributed by atoms with Gasteiger partial charge >= 0.3 is 5.63 Å². The summed E-state index contributed by atoms with van der Waals surface area (Å²) in [6.45, 7) is 8.01. The molecule has 6 rings (SSSR count). The standard InChI is InChI=1S/C28H28N4O4/c1-28(2)25(14-20-13-19-5-8-27(33)34-23(19)16-24(20)36-28)35-26-15-22(30-17-31-26)18-3-6-21(7-4-18)32-11-9-29-10-12-32/h3-8,13,15-17,25,29H,9-12,14H2,1-2H3/t25-/m0/s1. The zero-order valence-corrected chi connectivity index (χ0v) is 20.4. The van der Waals surface area contributed by atoms with Crippen molar-refractivity contribution in [3.8, 4) is 22.9 Å². The summed E-state index contributed by atoms with van der Waals surface area (Å²) in [5.74, 6) is 1.21. The third-order valence-corrected chi connectivity index (χ3v) is 6.91. The van der Waals surface area contributed by atoms with Crippen LogP contribution in [0.3, 0.4) is 0 Å². The number of ether oxygens (including phenoxy) is 2. The maximum absolute atomic E-state index is 11.6. The molecule has 0 aliphatic carbocycles. The molecule has 4 heterocycles. The topological polar surface area (TPSA) is 89.7 Å². The normalized spacial score (nSPS) is 18.9. The zero-order valence-electron chi connectivity index (χ0n) is 20.4.